The Balaban J connectivity index is 2.17. The third-order valence-electron chi connectivity index (χ3n) is 3.14. The van der Waals surface area contributed by atoms with Crippen molar-refractivity contribution in [1.82, 2.24) is 10.3 Å². The zero-order chi connectivity index (χ0) is 13.8. The van der Waals surface area contributed by atoms with E-state index >= 15 is 0 Å². The van der Waals surface area contributed by atoms with E-state index in [2.05, 4.69) is 24.1 Å². The molecule has 4 heteroatoms. The van der Waals surface area contributed by atoms with Gasteiger partial charge in [-0.25, -0.2) is 0 Å². The molecule has 1 amide bonds. The standard InChI is InChI=1S/C15H20N2O2/c1-10(2)6-7-16-15(18)13-9-17-14-5-4-11(19-3)8-12(13)14/h4-5,8-10,17H,6-7H2,1-3H3,(H,16,18). The van der Waals surface area contributed by atoms with Gasteiger partial charge < -0.3 is 15.0 Å². The molecule has 4 nitrogen and oxygen atoms in total. The highest BCUT2D eigenvalue weighted by molar-refractivity contribution is 6.07. The summed E-state index contributed by atoms with van der Waals surface area (Å²) in [6.45, 7) is 4.98. The van der Waals surface area contributed by atoms with Crippen LogP contribution in [-0.2, 0) is 0 Å². The monoisotopic (exact) mass is 260 g/mol. The summed E-state index contributed by atoms with van der Waals surface area (Å²) in [5.41, 5.74) is 1.60. The van der Waals surface area contributed by atoms with Gasteiger partial charge in [0.1, 0.15) is 5.75 Å². The second kappa shape index (κ2) is 5.78. The van der Waals surface area contributed by atoms with Crippen molar-refractivity contribution in [1.29, 1.82) is 0 Å². The van der Waals surface area contributed by atoms with Crippen LogP contribution in [0, 0.1) is 5.92 Å². The predicted molar refractivity (Wildman–Crippen MR) is 76.6 cm³/mol. The van der Waals surface area contributed by atoms with Crippen molar-refractivity contribution in [3.8, 4) is 5.75 Å². The molecule has 0 bridgehead atoms. The Bertz CT molecular complexity index is 573. The van der Waals surface area contributed by atoms with Crippen LogP contribution >= 0.6 is 0 Å². The van der Waals surface area contributed by atoms with Crippen LogP contribution in [0.1, 0.15) is 30.6 Å². The van der Waals surface area contributed by atoms with Crippen molar-refractivity contribution in [3.05, 3.63) is 30.0 Å². The van der Waals surface area contributed by atoms with Crippen LogP contribution in [0.3, 0.4) is 0 Å². The van der Waals surface area contributed by atoms with E-state index in [1.54, 1.807) is 13.3 Å². The average Bonchev–Trinajstić information content (AvgIpc) is 2.80. The first-order valence-corrected chi connectivity index (χ1v) is 6.55. The summed E-state index contributed by atoms with van der Waals surface area (Å²) in [5, 5.41) is 3.84. The average molecular weight is 260 g/mol. The maximum Gasteiger partial charge on any atom is 0.253 e. The molecule has 0 fully saturated rings. The van der Waals surface area contributed by atoms with E-state index in [4.69, 9.17) is 4.74 Å². The number of nitrogens with one attached hydrogen (secondary N) is 2. The summed E-state index contributed by atoms with van der Waals surface area (Å²) in [6.07, 6.45) is 2.73. The van der Waals surface area contributed by atoms with E-state index in [1.165, 1.54) is 0 Å². The van der Waals surface area contributed by atoms with Gasteiger partial charge in [0, 0.05) is 23.6 Å². The third-order valence-corrected chi connectivity index (χ3v) is 3.14. The minimum Gasteiger partial charge on any atom is -0.497 e. The normalized spacial score (nSPS) is 10.9. The molecule has 1 aromatic heterocycles. The van der Waals surface area contributed by atoms with E-state index < -0.39 is 0 Å². The fraction of sp³-hybridized carbons (Fsp3) is 0.400. The highest BCUT2D eigenvalue weighted by Crippen LogP contribution is 2.23. The van der Waals surface area contributed by atoms with Crippen molar-refractivity contribution < 1.29 is 9.53 Å². The number of hydrogen-bond acceptors (Lipinski definition) is 2. The number of carbonyl (C=O) groups excluding carboxylic acids is 1. The quantitative estimate of drug-likeness (QED) is 0.868. The minimum atomic E-state index is -0.0415. The second-order valence-electron chi connectivity index (χ2n) is 5.05. The fourth-order valence-electron chi connectivity index (χ4n) is 1.98. The van der Waals surface area contributed by atoms with Gasteiger partial charge >= 0.3 is 0 Å². The number of methoxy groups -OCH3 is 1. The number of fused-ring (bicyclic) bond motifs is 1. The number of benzene rings is 1. The Kier molecular flexibility index (Phi) is 4.10. The number of aromatic nitrogens is 1. The molecule has 2 aromatic rings. The van der Waals surface area contributed by atoms with E-state index in [-0.39, 0.29) is 5.91 Å². The largest absolute Gasteiger partial charge is 0.497 e. The third kappa shape index (κ3) is 3.08. The summed E-state index contributed by atoms with van der Waals surface area (Å²) in [6, 6.07) is 5.67. The predicted octanol–water partition coefficient (Wildman–Crippen LogP) is 2.95. The molecule has 1 aromatic carbocycles. The molecular formula is C15H20N2O2. The molecule has 0 aliphatic rings. The molecule has 2 rings (SSSR count). The summed E-state index contributed by atoms with van der Waals surface area (Å²) >= 11 is 0. The lowest BCUT2D eigenvalue weighted by molar-refractivity contribution is 0.0953. The van der Waals surface area contributed by atoms with Gasteiger partial charge in [-0.3, -0.25) is 4.79 Å². The van der Waals surface area contributed by atoms with Gasteiger partial charge in [0.2, 0.25) is 0 Å². The molecular weight excluding hydrogens is 240 g/mol. The number of carbonyl (C=O) groups is 1. The molecule has 0 radical (unpaired) electrons. The first kappa shape index (κ1) is 13.5. The van der Waals surface area contributed by atoms with Gasteiger partial charge in [0.05, 0.1) is 12.7 Å². The maximum absolute atomic E-state index is 12.1. The molecule has 0 spiro atoms. The van der Waals surface area contributed by atoms with Crippen LogP contribution in [0.5, 0.6) is 5.75 Å². The van der Waals surface area contributed by atoms with Gasteiger partial charge in [-0.05, 0) is 30.5 Å². The molecule has 0 saturated carbocycles. The Morgan fingerprint density at radius 2 is 2.21 bits per heavy atom. The van der Waals surface area contributed by atoms with E-state index in [0.717, 1.165) is 23.1 Å². The molecule has 0 saturated heterocycles. The molecule has 0 atom stereocenters. The van der Waals surface area contributed by atoms with Gasteiger partial charge in [-0.2, -0.15) is 0 Å². The number of ether oxygens (including phenoxy) is 1. The van der Waals surface area contributed by atoms with Crippen LogP contribution in [0.25, 0.3) is 10.9 Å². The topological polar surface area (TPSA) is 54.1 Å². The number of amides is 1. The highest BCUT2D eigenvalue weighted by Gasteiger charge is 2.12. The van der Waals surface area contributed by atoms with Gasteiger partial charge in [0.25, 0.3) is 5.91 Å². The SMILES string of the molecule is COc1ccc2[nH]cc(C(=O)NCCC(C)C)c2c1. The second-order valence-corrected chi connectivity index (χ2v) is 5.05. The summed E-state index contributed by atoms with van der Waals surface area (Å²) in [5.74, 6) is 1.30. The van der Waals surface area contributed by atoms with Crippen molar-refractivity contribution >= 4 is 16.8 Å². The van der Waals surface area contributed by atoms with Crippen LogP contribution in [0.2, 0.25) is 0 Å². The van der Waals surface area contributed by atoms with Crippen molar-refractivity contribution in [2.75, 3.05) is 13.7 Å². The summed E-state index contributed by atoms with van der Waals surface area (Å²) in [4.78, 5) is 15.2. The number of H-pyrrole nitrogens is 1. The number of aromatic amines is 1. The molecule has 0 aliphatic heterocycles. The lowest BCUT2D eigenvalue weighted by Gasteiger charge is -2.06. The smallest absolute Gasteiger partial charge is 0.253 e. The van der Waals surface area contributed by atoms with Crippen LogP contribution in [0.4, 0.5) is 0 Å². The van der Waals surface area contributed by atoms with Crippen LogP contribution in [0.15, 0.2) is 24.4 Å². The molecule has 2 N–H and O–H groups in total. The Morgan fingerprint density at radius 1 is 1.42 bits per heavy atom. The lowest BCUT2D eigenvalue weighted by atomic mass is 10.1. The Morgan fingerprint density at radius 3 is 2.89 bits per heavy atom. The van der Waals surface area contributed by atoms with E-state index in [9.17, 15) is 4.79 Å². The molecule has 0 aliphatic carbocycles. The summed E-state index contributed by atoms with van der Waals surface area (Å²) < 4.78 is 5.19. The summed E-state index contributed by atoms with van der Waals surface area (Å²) in [7, 11) is 1.62. The van der Waals surface area contributed by atoms with Crippen molar-refractivity contribution in [3.63, 3.8) is 0 Å². The van der Waals surface area contributed by atoms with Gasteiger partial charge in [0.15, 0.2) is 0 Å². The fourth-order valence-corrected chi connectivity index (χ4v) is 1.98. The molecule has 102 valence electrons. The Hall–Kier alpha value is -1.97. The van der Waals surface area contributed by atoms with Gasteiger partial charge in [-0.1, -0.05) is 13.8 Å². The zero-order valence-corrected chi connectivity index (χ0v) is 11.6. The van der Waals surface area contributed by atoms with Gasteiger partial charge in [-0.15, -0.1) is 0 Å². The number of hydrogen-bond donors (Lipinski definition) is 2. The van der Waals surface area contributed by atoms with Crippen molar-refractivity contribution in [2.45, 2.75) is 20.3 Å². The lowest BCUT2D eigenvalue weighted by Crippen LogP contribution is -2.25. The molecule has 1 heterocycles. The van der Waals surface area contributed by atoms with E-state index in [0.29, 0.717) is 18.0 Å². The first-order valence-electron chi connectivity index (χ1n) is 6.55. The molecule has 19 heavy (non-hydrogen) atoms. The maximum atomic E-state index is 12.1. The first-order chi connectivity index (χ1) is 9.11. The van der Waals surface area contributed by atoms with Crippen molar-refractivity contribution in [2.24, 2.45) is 5.92 Å². The highest BCUT2D eigenvalue weighted by atomic mass is 16.5. The van der Waals surface area contributed by atoms with Crippen LogP contribution < -0.4 is 10.1 Å². The Labute approximate surface area is 113 Å². The van der Waals surface area contributed by atoms with E-state index in [1.807, 2.05) is 18.2 Å². The zero-order valence-electron chi connectivity index (χ0n) is 11.6. The molecule has 0 unspecified atom stereocenters. The number of rotatable bonds is 5. The van der Waals surface area contributed by atoms with Crippen LogP contribution in [-0.4, -0.2) is 24.5 Å². The minimum absolute atomic E-state index is 0.0415.